The SMILES string of the molecule is CC(C)(COc1ccc(S(=O)[O-])cc1)C(=O)O.Cc1ccc(C(=O)O)cc1S(=O)[O-].O=C(O)CCc1ccc(S(=O)[O-])cc1.O=C(O)COc1ccc(S(=O)[O-])cc1C(=O)O.O=C(O)c1cccc(S(=O)[O-])c1. The van der Waals surface area contributed by atoms with Crippen LogP contribution in [0.2, 0.25) is 0 Å². The maximum atomic E-state index is 10.8. The minimum Gasteiger partial charge on any atom is -0.768 e. The first-order chi connectivity index (χ1) is 34.0. The van der Waals surface area contributed by atoms with Gasteiger partial charge in [-0.25, -0.2) is 19.2 Å². The van der Waals surface area contributed by atoms with Crippen molar-refractivity contribution in [1.29, 1.82) is 0 Å². The molecular weight excluding hydrogens is 1070 g/mol. The molecule has 0 aliphatic rings. The number of benzene rings is 5. The molecule has 0 saturated carbocycles. The second kappa shape index (κ2) is 31.5. The van der Waals surface area contributed by atoms with Gasteiger partial charge in [0.2, 0.25) is 0 Å². The third-order valence-electron chi connectivity index (χ3n) is 8.55. The normalized spacial score (nSPS) is 12.4. The van der Waals surface area contributed by atoms with Gasteiger partial charge >= 0.3 is 35.8 Å². The zero-order valence-corrected chi connectivity index (χ0v) is 41.9. The minimum absolute atomic E-state index is 0.0160. The topological polar surface area (TPSA) is 443 Å². The molecule has 0 heterocycles. The molecule has 6 N–H and O–H groups in total. The first-order valence-corrected chi connectivity index (χ1v) is 25.0. The highest BCUT2D eigenvalue weighted by atomic mass is 32.2. The Morgan fingerprint density at radius 2 is 1.00 bits per heavy atom. The number of carbonyl (C=O) groups is 6. The van der Waals surface area contributed by atoms with Crippen molar-refractivity contribution < 1.29 is 113 Å². The lowest BCUT2D eigenvalue weighted by molar-refractivity contribution is -0.148. The molecule has 24 nitrogen and oxygen atoms in total. The molecule has 0 fully saturated rings. The second-order valence-electron chi connectivity index (χ2n) is 14.4. The summed E-state index contributed by atoms with van der Waals surface area (Å²) in [4.78, 5) is 63.2. The second-order valence-corrected chi connectivity index (χ2v) is 19.1. The number of hydrogen-bond donors (Lipinski definition) is 6. The van der Waals surface area contributed by atoms with Crippen LogP contribution in [0.1, 0.15) is 62.5 Å². The Hall–Kier alpha value is -6.93. The van der Waals surface area contributed by atoms with Gasteiger partial charge in [0.1, 0.15) is 23.7 Å². The molecule has 0 aliphatic heterocycles. The highest BCUT2D eigenvalue weighted by Crippen LogP contribution is 2.23. The van der Waals surface area contributed by atoms with Gasteiger partial charge in [-0.15, -0.1) is 0 Å². The third kappa shape index (κ3) is 24.4. The van der Waals surface area contributed by atoms with Crippen molar-refractivity contribution in [3.63, 3.8) is 0 Å². The van der Waals surface area contributed by atoms with Crippen molar-refractivity contribution in [2.75, 3.05) is 13.2 Å². The van der Waals surface area contributed by atoms with E-state index < -0.39 is 109 Å². The smallest absolute Gasteiger partial charge is 0.341 e. The van der Waals surface area contributed by atoms with Gasteiger partial charge in [0.25, 0.3) is 0 Å². The summed E-state index contributed by atoms with van der Waals surface area (Å²) in [5, 5.41) is 51.5. The summed E-state index contributed by atoms with van der Waals surface area (Å²) >= 11 is -11.8. The Bertz CT molecular complexity index is 2820. The van der Waals surface area contributed by atoms with Crippen molar-refractivity contribution in [2.45, 2.75) is 58.1 Å². The molecule has 5 aromatic rings. The van der Waals surface area contributed by atoms with Crippen LogP contribution >= 0.6 is 0 Å². The summed E-state index contributed by atoms with van der Waals surface area (Å²) in [5.41, 5.74) is -0.0885. The van der Waals surface area contributed by atoms with Crippen molar-refractivity contribution >= 4 is 91.2 Å². The van der Waals surface area contributed by atoms with Gasteiger partial charge < -0.3 is 62.9 Å². The summed E-state index contributed by atoms with van der Waals surface area (Å²) in [7, 11) is 0. The van der Waals surface area contributed by atoms with Gasteiger partial charge in [-0.2, -0.15) is 0 Å². The highest BCUT2D eigenvalue weighted by molar-refractivity contribution is 7.80. The molecule has 0 bridgehead atoms. The van der Waals surface area contributed by atoms with Crippen LogP contribution in [0.5, 0.6) is 11.5 Å². The molecule has 0 aliphatic carbocycles. The molecule has 5 aromatic carbocycles. The Balaban J connectivity index is 0.000000459. The molecule has 5 atom stereocenters. The van der Waals surface area contributed by atoms with Crippen molar-refractivity contribution in [2.24, 2.45) is 5.41 Å². The lowest BCUT2D eigenvalue weighted by Gasteiger charge is -2.19. The van der Waals surface area contributed by atoms with Gasteiger partial charge in [0, 0.05) is 30.9 Å². The summed E-state index contributed by atoms with van der Waals surface area (Å²) in [6, 6.07) is 24.2. The average Bonchev–Trinajstić information content (AvgIpc) is 3.32. The fraction of sp³-hybridized carbons (Fsp3) is 0.182. The molecular formula is C44H41O24S5-5. The number of aliphatic carboxylic acids is 3. The molecule has 0 radical (unpaired) electrons. The highest BCUT2D eigenvalue weighted by Gasteiger charge is 2.28. The molecule has 0 amide bonds. The van der Waals surface area contributed by atoms with Crippen LogP contribution in [0.4, 0.5) is 0 Å². The van der Waals surface area contributed by atoms with E-state index in [4.69, 9.17) is 40.1 Å². The first kappa shape index (κ1) is 64.1. The Kier molecular flexibility index (Phi) is 27.7. The van der Waals surface area contributed by atoms with Gasteiger partial charge in [0.05, 0.1) is 16.5 Å². The van der Waals surface area contributed by atoms with E-state index >= 15 is 0 Å². The molecule has 0 saturated heterocycles. The molecule has 0 aromatic heterocycles. The van der Waals surface area contributed by atoms with Gasteiger partial charge in [-0.3, -0.25) is 30.6 Å². The Morgan fingerprint density at radius 1 is 0.521 bits per heavy atom. The standard InChI is InChI=1S/C11H14O5S.C9H8O7S.C9H10O4S.C8H8O4S.C7H6O4S/c1-11(2,10(12)13)7-16-8-3-5-9(6-4-8)17(14)15;10-8(11)4-16-7-2-1-5(17(14)15)3-6(7)9(12)13;10-9(11)6-3-7-1-4-8(5-2-7)14(12)13;1-5-2-3-6(8(9)10)4-7(5)13(11)12;8-7(9)5-2-1-3-6(4-5)12(10)11/h3-6H,7H2,1-2H3,(H,12,13)(H,14,15);1-3H,4H2,(H,10,11)(H,12,13)(H,14,15);1-2,4-5H,3,6H2,(H,10,11)(H,12,13);2-4H,1H3,(H,9,10)(H,11,12);1-4H,(H,8,9)(H,10,11)/p-5. The molecule has 396 valence electrons. The van der Waals surface area contributed by atoms with E-state index in [2.05, 4.69) is 0 Å². The van der Waals surface area contributed by atoms with Crippen molar-refractivity contribution in [3.8, 4) is 11.5 Å². The number of rotatable bonds is 18. The summed E-state index contributed by atoms with van der Waals surface area (Å²) in [6.07, 6.45) is 0.473. The average molecular weight is 1110 g/mol. The van der Waals surface area contributed by atoms with E-state index in [0.29, 0.717) is 17.7 Å². The molecule has 5 unspecified atom stereocenters. The zero-order valence-electron chi connectivity index (χ0n) is 37.8. The molecule has 0 spiro atoms. The first-order valence-electron chi connectivity index (χ1n) is 19.6. The third-order valence-corrected chi connectivity index (χ3v) is 11.9. The van der Waals surface area contributed by atoms with Crippen molar-refractivity contribution in [1.82, 2.24) is 0 Å². The van der Waals surface area contributed by atoms with Crippen LogP contribution in [0.15, 0.2) is 134 Å². The quantitative estimate of drug-likeness (QED) is 0.0675. The zero-order chi connectivity index (χ0) is 55.7. The van der Waals surface area contributed by atoms with Crippen LogP contribution in [0, 0.1) is 12.3 Å². The fourth-order valence-corrected chi connectivity index (χ4v) is 6.76. The lowest BCUT2D eigenvalue weighted by Crippen LogP contribution is -2.30. The monoisotopic (exact) mass is 1110 g/mol. The van der Waals surface area contributed by atoms with Crippen molar-refractivity contribution in [3.05, 3.63) is 137 Å². The number of aromatic carboxylic acids is 3. The predicted molar refractivity (Wildman–Crippen MR) is 250 cm³/mol. The van der Waals surface area contributed by atoms with E-state index in [9.17, 15) is 72.6 Å². The maximum absolute atomic E-state index is 10.8. The minimum atomic E-state index is -2.56. The molecule has 29 heteroatoms. The summed E-state index contributed by atoms with van der Waals surface area (Å²) < 4.78 is 115. The number of aryl methyl sites for hydroxylation is 2. The summed E-state index contributed by atoms with van der Waals surface area (Å²) in [5.74, 6) is -6.51. The predicted octanol–water partition coefficient (Wildman–Crippen LogP) is 4.00. The van der Waals surface area contributed by atoms with E-state index in [1.807, 2.05) is 0 Å². The lowest BCUT2D eigenvalue weighted by atomic mass is 9.95. The number of carboxylic acid groups (broad SMARTS) is 6. The van der Waals surface area contributed by atoms with Crippen LogP contribution < -0.4 is 9.47 Å². The van der Waals surface area contributed by atoms with E-state index in [1.54, 1.807) is 32.9 Å². The van der Waals surface area contributed by atoms with Gasteiger partial charge in [-0.05, 0) is 179 Å². The van der Waals surface area contributed by atoms with E-state index in [1.165, 1.54) is 66.7 Å². The number of carboxylic acids is 6. The van der Waals surface area contributed by atoms with Crippen LogP contribution in [0.25, 0.3) is 0 Å². The van der Waals surface area contributed by atoms with E-state index in [-0.39, 0.29) is 54.4 Å². The van der Waals surface area contributed by atoms with Crippen LogP contribution in [-0.2, 0) is 76.2 Å². The fourth-order valence-electron chi connectivity index (χ4n) is 4.68. The number of ether oxygens (including phenoxy) is 2. The maximum Gasteiger partial charge on any atom is 0.341 e. The van der Waals surface area contributed by atoms with E-state index in [0.717, 1.165) is 35.9 Å². The van der Waals surface area contributed by atoms with Gasteiger partial charge in [-0.1, -0.05) is 24.3 Å². The Morgan fingerprint density at radius 3 is 1.44 bits per heavy atom. The Labute approximate surface area is 427 Å². The summed E-state index contributed by atoms with van der Waals surface area (Å²) in [6.45, 7) is 4.02. The van der Waals surface area contributed by atoms with Crippen LogP contribution in [-0.4, -0.2) is 123 Å². The molecule has 73 heavy (non-hydrogen) atoms. The van der Waals surface area contributed by atoms with Gasteiger partial charge in [0.15, 0.2) is 6.61 Å². The molecule has 5 rings (SSSR count). The number of hydrogen-bond acceptors (Lipinski definition) is 18. The van der Waals surface area contributed by atoms with Crippen LogP contribution in [0.3, 0.4) is 0 Å². The largest absolute Gasteiger partial charge is 0.768 e.